The Morgan fingerprint density at radius 3 is 2.79 bits per heavy atom. The van der Waals surface area contributed by atoms with Crippen LogP contribution in [0, 0.1) is 12.8 Å². The lowest BCUT2D eigenvalue weighted by atomic mass is 9.99. The summed E-state index contributed by atoms with van der Waals surface area (Å²) in [4.78, 5) is 28.8. The monoisotopic (exact) mass is 400 g/mol. The summed E-state index contributed by atoms with van der Waals surface area (Å²) in [6.07, 6.45) is 3.62. The van der Waals surface area contributed by atoms with Gasteiger partial charge in [0.2, 0.25) is 0 Å². The van der Waals surface area contributed by atoms with Crippen molar-refractivity contribution in [1.82, 2.24) is 20.0 Å². The molecule has 8 heteroatoms. The fourth-order valence-corrected chi connectivity index (χ4v) is 4.65. The Balaban J connectivity index is 1.51. The number of thiophene rings is 1. The number of amides is 2. The molecule has 0 unspecified atom stereocenters. The van der Waals surface area contributed by atoms with Crippen LogP contribution >= 0.6 is 11.3 Å². The zero-order chi connectivity index (χ0) is 19.8. The van der Waals surface area contributed by atoms with Gasteiger partial charge in [0, 0.05) is 25.5 Å². The van der Waals surface area contributed by atoms with Gasteiger partial charge >= 0.3 is 0 Å². The van der Waals surface area contributed by atoms with Gasteiger partial charge in [-0.2, -0.15) is 5.10 Å². The lowest BCUT2D eigenvalue weighted by molar-refractivity contribution is 0.0702. The topological polar surface area (TPSA) is 80.4 Å². The van der Waals surface area contributed by atoms with Gasteiger partial charge in [0.25, 0.3) is 11.8 Å². The molecule has 4 rings (SSSR count). The molecule has 0 radical (unpaired) electrons. The summed E-state index contributed by atoms with van der Waals surface area (Å²) in [6, 6.07) is 3.57. The number of aromatic nitrogens is 2. The number of aryl methyl sites for hydroxylation is 2. The van der Waals surface area contributed by atoms with E-state index in [2.05, 4.69) is 17.3 Å². The van der Waals surface area contributed by atoms with Crippen LogP contribution in [0.3, 0.4) is 0 Å². The van der Waals surface area contributed by atoms with Crippen LogP contribution in [0.1, 0.15) is 51.2 Å². The first-order valence-electron chi connectivity index (χ1n) is 9.51. The number of rotatable bonds is 4. The number of hydrogen-bond donors (Lipinski definition) is 1. The summed E-state index contributed by atoms with van der Waals surface area (Å²) < 4.78 is 6.96. The van der Waals surface area contributed by atoms with Gasteiger partial charge in [0.1, 0.15) is 10.6 Å². The highest BCUT2D eigenvalue weighted by Crippen LogP contribution is 2.30. The second-order valence-corrected chi connectivity index (χ2v) is 8.48. The van der Waals surface area contributed by atoms with E-state index in [0.29, 0.717) is 23.8 Å². The minimum atomic E-state index is -0.195. The van der Waals surface area contributed by atoms with E-state index in [4.69, 9.17) is 4.42 Å². The average Bonchev–Trinajstić information content (AvgIpc) is 3.37. The minimum Gasteiger partial charge on any atom is -0.469 e. The Labute approximate surface area is 167 Å². The van der Waals surface area contributed by atoms with Gasteiger partial charge in [-0.1, -0.05) is 6.92 Å². The van der Waals surface area contributed by atoms with Gasteiger partial charge in [0.15, 0.2) is 0 Å². The summed E-state index contributed by atoms with van der Waals surface area (Å²) in [7, 11) is 1.86. The quantitative estimate of drug-likeness (QED) is 0.728. The molecule has 4 heterocycles. The minimum absolute atomic E-state index is 0.0945. The van der Waals surface area contributed by atoms with Crippen LogP contribution in [0.2, 0.25) is 0 Å². The van der Waals surface area contributed by atoms with Crippen LogP contribution in [0.15, 0.2) is 22.8 Å². The molecule has 28 heavy (non-hydrogen) atoms. The SMILES string of the molecule is Cc1occc1C(=O)NCc1nn(C)c2sc(C(=O)N3CCC(C)CC3)cc12. The molecule has 3 aromatic heterocycles. The molecule has 1 aliphatic rings. The number of likely N-dealkylation sites (tertiary alicyclic amines) is 1. The average molecular weight is 401 g/mol. The molecule has 1 aliphatic heterocycles. The number of nitrogens with one attached hydrogen (secondary N) is 1. The van der Waals surface area contributed by atoms with Crippen LogP contribution in [0.4, 0.5) is 0 Å². The molecule has 1 fully saturated rings. The molecule has 0 aliphatic carbocycles. The lowest BCUT2D eigenvalue weighted by Crippen LogP contribution is -2.37. The van der Waals surface area contributed by atoms with Crippen molar-refractivity contribution in [3.8, 4) is 0 Å². The summed E-state index contributed by atoms with van der Waals surface area (Å²) in [5.41, 5.74) is 1.28. The number of carbonyl (C=O) groups is 2. The van der Waals surface area contributed by atoms with Gasteiger partial charge in [-0.05, 0) is 37.8 Å². The maximum atomic E-state index is 12.9. The molecule has 3 aromatic rings. The number of fused-ring (bicyclic) bond motifs is 1. The molecule has 0 atom stereocenters. The van der Waals surface area contributed by atoms with Crippen molar-refractivity contribution >= 4 is 33.4 Å². The van der Waals surface area contributed by atoms with Crippen molar-refractivity contribution in [2.24, 2.45) is 13.0 Å². The van der Waals surface area contributed by atoms with Crippen LogP contribution in [0.5, 0.6) is 0 Å². The van der Waals surface area contributed by atoms with E-state index in [1.54, 1.807) is 17.7 Å². The number of piperidine rings is 1. The number of carbonyl (C=O) groups excluding carboxylic acids is 2. The maximum absolute atomic E-state index is 12.9. The summed E-state index contributed by atoms with van der Waals surface area (Å²) in [6.45, 7) is 5.93. The highest BCUT2D eigenvalue weighted by atomic mass is 32.1. The van der Waals surface area contributed by atoms with Crippen molar-refractivity contribution in [3.05, 3.63) is 40.3 Å². The predicted molar refractivity (Wildman–Crippen MR) is 108 cm³/mol. The van der Waals surface area contributed by atoms with Crippen LogP contribution in [-0.4, -0.2) is 39.6 Å². The largest absolute Gasteiger partial charge is 0.469 e. The smallest absolute Gasteiger partial charge is 0.264 e. The summed E-state index contributed by atoms with van der Waals surface area (Å²) in [5.74, 6) is 1.17. The fraction of sp³-hybridized carbons (Fsp3) is 0.450. The van der Waals surface area contributed by atoms with Crippen LogP contribution in [-0.2, 0) is 13.6 Å². The Bertz CT molecular complexity index is 1020. The zero-order valence-corrected chi connectivity index (χ0v) is 17.1. The van der Waals surface area contributed by atoms with Crippen molar-refractivity contribution in [1.29, 1.82) is 0 Å². The van der Waals surface area contributed by atoms with E-state index >= 15 is 0 Å². The second-order valence-electron chi connectivity index (χ2n) is 7.45. The molecule has 0 aromatic carbocycles. The molecule has 0 bridgehead atoms. The van der Waals surface area contributed by atoms with Crippen molar-refractivity contribution in [2.75, 3.05) is 13.1 Å². The van der Waals surface area contributed by atoms with Crippen LogP contribution in [0.25, 0.3) is 10.2 Å². The van der Waals surface area contributed by atoms with Gasteiger partial charge in [-0.3, -0.25) is 14.3 Å². The van der Waals surface area contributed by atoms with Gasteiger partial charge in [-0.25, -0.2) is 0 Å². The first-order valence-corrected chi connectivity index (χ1v) is 10.3. The van der Waals surface area contributed by atoms with E-state index in [9.17, 15) is 9.59 Å². The highest BCUT2D eigenvalue weighted by Gasteiger charge is 2.24. The standard InChI is InChI=1S/C20H24N4O3S/c1-12-4-7-24(8-5-12)19(26)17-10-15-16(22-23(3)20(15)28-17)11-21-18(25)14-6-9-27-13(14)2/h6,9-10,12H,4-5,7-8,11H2,1-3H3,(H,21,25). The second kappa shape index (κ2) is 7.43. The Kier molecular flexibility index (Phi) is 4.97. The molecule has 0 spiro atoms. The molecular formula is C20H24N4O3S. The number of nitrogens with zero attached hydrogens (tertiary/aromatic N) is 3. The van der Waals surface area contributed by atoms with E-state index in [1.807, 2.05) is 18.0 Å². The molecule has 1 N–H and O–H groups in total. The number of furan rings is 1. The van der Waals surface area contributed by atoms with Gasteiger partial charge in [0.05, 0.1) is 28.9 Å². The molecule has 2 amide bonds. The number of hydrogen-bond acceptors (Lipinski definition) is 5. The third kappa shape index (κ3) is 3.44. The summed E-state index contributed by atoms with van der Waals surface area (Å²) in [5, 5.41) is 8.32. The normalized spacial score (nSPS) is 15.3. The Morgan fingerprint density at radius 2 is 2.11 bits per heavy atom. The third-order valence-electron chi connectivity index (χ3n) is 5.39. The summed E-state index contributed by atoms with van der Waals surface area (Å²) >= 11 is 1.46. The van der Waals surface area contributed by atoms with Gasteiger partial charge < -0.3 is 14.6 Å². The Morgan fingerprint density at radius 1 is 1.36 bits per heavy atom. The first-order chi connectivity index (χ1) is 13.4. The van der Waals surface area contributed by atoms with E-state index in [1.165, 1.54) is 17.6 Å². The molecule has 148 valence electrons. The molecule has 1 saturated heterocycles. The van der Waals surface area contributed by atoms with Crippen LogP contribution < -0.4 is 5.32 Å². The molecule has 0 saturated carbocycles. The van der Waals surface area contributed by atoms with Crippen molar-refractivity contribution < 1.29 is 14.0 Å². The predicted octanol–water partition coefficient (Wildman–Crippen LogP) is 3.34. The molecular weight excluding hydrogens is 376 g/mol. The van der Waals surface area contributed by atoms with Crippen molar-refractivity contribution in [2.45, 2.75) is 33.2 Å². The van der Waals surface area contributed by atoms with Gasteiger partial charge in [-0.15, -0.1) is 11.3 Å². The fourth-order valence-electron chi connectivity index (χ4n) is 3.59. The van der Waals surface area contributed by atoms with E-state index in [-0.39, 0.29) is 11.8 Å². The highest BCUT2D eigenvalue weighted by molar-refractivity contribution is 7.20. The maximum Gasteiger partial charge on any atom is 0.264 e. The lowest BCUT2D eigenvalue weighted by Gasteiger charge is -2.29. The van der Waals surface area contributed by atoms with Crippen molar-refractivity contribution in [3.63, 3.8) is 0 Å². The Hall–Kier alpha value is -2.61. The third-order valence-corrected chi connectivity index (χ3v) is 6.58. The molecule has 7 nitrogen and oxygen atoms in total. The first kappa shape index (κ1) is 18.7. The zero-order valence-electron chi connectivity index (χ0n) is 16.3. The van der Waals surface area contributed by atoms with E-state index < -0.39 is 0 Å². The van der Waals surface area contributed by atoms with E-state index in [0.717, 1.165) is 46.7 Å².